The average molecular weight is 276 g/mol. The molecule has 5 heteroatoms. The van der Waals surface area contributed by atoms with Crippen molar-refractivity contribution in [2.45, 2.75) is 39.2 Å². The van der Waals surface area contributed by atoms with E-state index >= 15 is 0 Å². The molecule has 1 fully saturated rings. The van der Waals surface area contributed by atoms with Crippen molar-refractivity contribution >= 4 is 11.9 Å². The summed E-state index contributed by atoms with van der Waals surface area (Å²) in [6.07, 6.45) is 4.54. The van der Waals surface area contributed by atoms with Crippen LogP contribution in [0.3, 0.4) is 0 Å². The van der Waals surface area contributed by atoms with Crippen molar-refractivity contribution in [3.8, 4) is 0 Å². The first-order valence-electron chi connectivity index (χ1n) is 6.99. The minimum Gasteiger partial charge on any atom is -0.478 e. The van der Waals surface area contributed by atoms with Gasteiger partial charge in [-0.2, -0.15) is 0 Å². The summed E-state index contributed by atoms with van der Waals surface area (Å²) in [7, 11) is 0. The predicted octanol–water partition coefficient (Wildman–Crippen LogP) is 2.33. The number of carbonyl (C=O) groups is 2. The summed E-state index contributed by atoms with van der Waals surface area (Å²) < 4.78 is 0. The fraction of sp³-hybridized carbons (Fsp3) is 0.533. The van der Waals surface area contributed by atoms with Crippen LogP contribution < -0.4 is 5.32 Å². The number of pyridine rings is 1. The van der Waals surface area contributed by atoms with E-state index in [-0.39, 0.29) is 23.2 Å². The fourth-order valence-electron chi connectivity index (χ4n) is 2.68. The molecule has 1 aromatic heterocycles. The van der Waals surface area contributed by atoms with Gasteiger partial charge in [-0.1, -0.05) is 26.7 Å². The molecule has 1 aliphatic rings. The van der Waals surface area contributed by atoms with E-state index in [2.05, 4.69) is 24.1 Å². The lowest BCUT2D eigenvalue weighted by Crippen LogP contribution is -2.43. The summed E-state index contributed by atoms with van der Waals surface area (Å²) in [5, 5.41) is 11.8. The van der Waals surface area contributed by atoms with E-state index in [0.717, 1.165) is 12.8 Å². The number of amides is 1. The molecule has 1 aromatic rings. The van der Waals surface area contributed by atoms with Gasteiger partial charge in [0.25, 0.3) is 5.91 Å². The number of carboxylic acids is 1. The summed E-state index contributed by atoms with van der Waals surface area (Å²) in [6, 6.07) is 3.03. The van der Waals surface area contributed by atoms with Crippen molar-refractivity contribution < 1.29 is 14.7 Å². The van der Waals surface area contributed by atoms with Crippen LogP contribution in [-0.2, 0) is 0 Å². The van der Waals surface area contributed by atoms with Gasteiger partial charge in [0, 0.05) is 12.2 Å². The Bertz CT molecular complexity index is 498. The number of hydrogen-bond acceptors (Lipinski definition) is 3. The Balaban J connectivity index is 2.02. The van der Waals surface area contributed by atoms with Gasteiger partial charge in [0.2, 0.25) is 0 Å². The average Bonchev–Trinajstić information content (AvgIpc) is 2.44. The summed E-state index contributed by atoms with van der Waals surface area (Å²) in [6.45, 7) is 4.37. The van der Waals surface area contributed by atoms with Gasteiger partial charge < -0.3 is 10.4 Å². The van der Waals surface area contributed by atoms with Crippen LogP contribution in [0.4, 0.5) is 0 Å². The van der Waals surface area contributed by atoms with Crippen LogP contribution in [0.2, 0.25) is 0 Å². The number of carboxylic acid groups (broad SMARTS) is 1. The molecule has 2 N–H and O–H groups in total. The van der Waals surface area contributed by atoms with Gasteiger partial charge in [-0.3, -0.25) is 9.78 Å². The first-order chi connectivity index (χ1) is 9.49. The highest BCUT2D eigenvalue weighted by molar-refractivity contribution is 5.93. The Morgan fingerprint density at radius 2 is 2.05 bits per heavy atom. The van der Waals surface area contributed by atoms with Gasteiger partial charge in [0.1, 0.15) is 5.69 Å². The maximum absolute atomic E-state index is 12.1. The van der Waals surface area contributed by atoms with Gasteiger partial charge in [-0.15, -0.1) is 0 Å². The molecule has 3 atom stereocenters. The lowest BCUT2D eigenvalue weighted by molar-refractivity contribution is 0.0695. The third kappa shape index (κ3) is 3.15. The summed E-state index contributed by atoms with van der Waals surface area (Å²) >= 11 is 0. The Morgan fingerprint density at radius 3 is 2.65 bits per heavy atom. The van der Waals surface area contributed by atoms with Crippen LogP contribution >= 0.6 is 0 Å². The molecule has 3 unspecified atom stereocenters. The standard InChI is InChI=1S/C15H20N2O3/c1-9-4-3-5-12(10(9)2)17-14(18)13-7-6-11(8-16-13)15(19)20/h6-10,12H,3-5H2,1-2H3,(H,17,18)(H,19,20). The Morgan fingerprint density at radius 1 is 1.30 bits per heavy atom. The molecule has 1 aliphatic carbocycles. The number of hydrogen-bond donors (Lipinski definition) is 2. The zero-order valence-electron chi connectivity index (χ0n) is 11.8. The Kier molecular flexibility index (Phi) is 4.37. The van der Waals surface area contributed by atoms with Crippen molar-refractivity contribution in [2.24, 2.45) is 11.8 Å². The van der Waals surface area contributed by atoms with Gasteiger partial charge in [-0.05, 0) is 30.4 Å². The van der Waals surface area contributed by atoms with E-state index in [1.165, 1.54) is 24.8 Å². The number of carbonyl (C=O) groups excluding carboxylic acids is 1. The molecule has 0 aliphatic heterocycles. The number of aromatic nitrogens is 1. The lowest BCUT2D eigenvalue weighted by Gasteiger charge is -2.34. The predicted molar refractivity (Wildman–Crippen MR) is 74.6 cm³/mol. The molecule has 0 spiro atoms. The van der Waals surface area contributed by atoms with Crippen LogP contribution in [0.25, 0.3) is 0 Å². The van der Waals surface area contributed by atoms with Crippen molar-refractivity contribution in [2.75, 3.05) is 0 Å². The van der Waals surface area contributed by atoms with Crippen LogP contribution in [0, 0.1) is 11.8 Å². The molecule has 0 aromatic carbocycles. The molecule has 0 radical (unpaired) electrons. The molecule has 108 valence electrons. The molecule has 0 bridgehead atoms. The van der Waals surface area contributed by atoms with E-state index in [0.29, 0.717) is 11.8 Å². The van der Waals surface area contributed by atoms with E-state index in [9.17, 15) is 9.59 Å². The quantitative estimate of drug-likeness (QED) is 0.888. The highest BCUT2D eigenvalue weighted by Crippen LogP contribution is 2.29. The van der Waals surface area contributed by atoms with Crippen LogP contribution in [0.15, 0.2) is 18.3 Å². The zero-order chi connectivity index (χ0) is 14.7. The van der Waals surface area contributed by atoms with Crippen molar-refractivity contribution in [3.05, 3.63) is 29.6 Å². The molecule has 1 saturated carbocycles. The molecular formula is C15H20N2O3. The number of nitrogens with one attached hydrogen (secondary N) is 1. The second-order valence-corrected chi connectivity index (χ2v) is 5.58. The van der Waals surface area contributed by atoms with Crippen LogP contribution in [0.5, 0.6) is 0 Å². The maximum Gasteiger partial charge on any atom is 0.337 e. The van der Waals surface area contributed by atoms with Gasteiger partial charge in [0.15, 0.2) is 0 Å². The molecular weight excluding hydrogens is 256 g/mol. The molecule has 5 nitrogen and oxygen atoms in total. The van der Waals surface area contributed by atoms with Crippen LogP contribution in [-0.4, -0.2) is 28.0 Å². The van der Waals surface area contributed by atoms with Gasteiger partial charge in [-0.25, -0.2) is 4.79 Å². The topological polar surface area (TPSA) is 79.3 Å². The second-order valence-electron chi connectivity index (χ2n) is 5.58. The fourth-order valence-corrected chi connectivity index (χ4v) is 2.68. The SMILES string of the molecule is CC1CCCC(NC(=O)c2ccc(C(=O)O)cn2)C1C. The first kappa shape index (κ1) is 14.5. The third-order valence-electron chi connectivity index (χ3n) is 4.27. The third-order valence-corrected chi connectivity index (χ3v) is 4.27. The summed E-state index contributed by atoms with van der Waals surface area (Å²) in [5.41, 5.74) is 0.349. The van der Waals surface area contributed by atoms with E-state index in [1.54, 1.807) is 0 Å². The number of nitrogens with zero attached hydrogens (tertiary/aromatic N) is 1. The van der Waals surface area contributed by atoms with E-state index in [4.69, 9.17) is 5.11 Å². The molecule has 1 amide bonds. The van der Waals surface area contributed by atoms with Crippen molar-refractivity contribution in [1.29, 1.82) is 0 Å². The zero-order valence-corrected chi connectivity index (χ0v) is 11.8. The highest BCUT2D eigenvalue weighted by atomic mass is 16.4. The number of aromatic carboxylic acids is 1. The minimum atomic E-state index is -1.04. The first-order valence-corrected chi connectivity index (χ1v) is 6.99. The molecule has 2 rings (SSSR count). The molecule has 0 saturated heterocycles. The van der Waals surface area contributed by atoms with Crippen molar-refractivity contribution in [3.63, 3.8) is 0 Å². The van der Waals surface area contributed by atoms with Crippen molar-refractivity contribution in [1.82, 2.24) is 10.3 Å². The largest absolute Gasteiger partial charge is 0.478 e. The molecule has 20 heavy (non-hydrogen) atoms. The lowest BCUT2D eigenvalue weighted by atomic mass is 9.78. The monoisotopic (exact) mass is 276 g/mol. The van der Waals surface area contributed by atoms with Crippen LogP contribution in [0.1, 0.15) is 54.0 Å². The highest BCUT2D eigenvalue weighted by Gasteiger charge is 2.28. The summed E-state index contributed by atoms with van der Waals surface area (Å²) in [4.78, 5) is 26.8. The Hall–Kier alpha value is -1.91. The maximum atomic E-state index is 12.1. The molecule has 1 heterocycles. The van der Waals surface area contributed by atoms with E-state index < -0.39 is 5.97 Å². The van der Waals surface area contributed by atoms with Gasteiger partial charge in [0.05, 0.1) is 5.56 Å². The van der Waals surface area contributed by atoms with Gasteiger partial charge >= 0.3 is 5.97 Å². The Labute approximate surface area is 118 Å². The minimum absolute atomic E-state index is 0.0845. The smallest absolute Gasteiger partial charge is 0.337 e. The summed E-state index contributed by atoms with van der Waals surface area (Å²) in [5.74, 6) is -0.213. The normalized spacial score (nSPS) is 26.0. The van der Waals surface area contributed by atoms with E-state index in [1.807, 2.05) is 0 Å². The second kappa shape index (κ2) is 6.03. The number of rotatable bonds is 3.